The average molecular weight is 392 g/mol. The number of methoxy groups -OCH3 is 1. The van der Waals surface area contributed by atoms with Crippen molar-refractivity contribution < 1.29 is 9.66 Å². The van der Waals surface area contributed by atoms with Crippen molar-refractivity contribution in [3.8, 4) is 11.4 Å². The zero-order valence-corrected chi connectivity index (χ0v) is 17.0. The van der Waals surface area contributed by atoms with Crippen LogP contribution in [-0.2, 0) is 6.54 Å². The van der Waals surface area contributed by atoms with E-state index in [-0.39, 0.29) is 10.6 Å². The minimum Gasteiger partial charge on any atom is -0.496 e. The second-order valence-corrected chi connectivity index (χ2v) is 6.79. The summed E-state index contributed by atoms with van der Waals surface area (Å²) in [5.41, 5.74) is 8.81. The van der Waals surface area contributed by atoms with E-state index in [2.05, 4.69) is 10.5 Å². The van der Waals surface area contributed by atoms with Gasteiger partial charge in [0.25, 0.3) is 5.69 Å². The summed E-state index contributed by atoms with van der Waals surface area (Å²) < 4.78 is 7.36. The average Bonchev–Trinajstić information content (AvgIpc) is 2.99. The van der Waals surface area contributed by atoms with Crippen molar-refractivity contribution in [1.82, 2.24) is 9.99 Å². The fourth-order valence-corrected chi connectivity index (χ4v) is 3.34. The Bertz CT molecular complexity index is 1070. The molecule has 150 valence electrons. The Balaban J connectivity index is 1.82. The Morgan fingerprint density at radius 3 is 2.66 bits per heavy atom. The summed E-state index contributed by atoms with van der Waals surface area (Å²) in [6, 6.07) is 14.7. The molecule has 3 aromatic rings. The predicted molar refractivity (Wildman–Crippen MR) is 114 cm³/mol. The van der Waals surface area contributed by atoms with Crippen LogP contribution in [0.5, 0.6) is 5.75 Å². The molecule has 0 fully saturated rings. The number of nitrogens with zero attached hydrogens (tertiary/aromatic N) is 3. The van der Waals surface area contributed by atoms with Gasteiger partial charge in [-0.15, -0.1) is 0 Å². The van der Waals surface area contributed by atoms with E-state index in [1.807, 2.05) is 55.7 Å². The lowest BCUT2D eigenvalue weighted by atomic mass is 10.1. The molecule has 2 aromatic carbocycles. The third kappa shape index (κ3) is 4.29. The molecule has 0 atom stereocenters. The summed E-state index contributed by atoms with van der Waals surface area (Å²) in [5.74, 6) is 0.814. The summed E-state index contributed by atoms with van der Waals surface area (Å²) in [6.07, 6.45) is 1.76. The molecule has 0 spiro atoms. The summed E-state index contributed by atoms with van der Waals surface area (Å²) in [7, 11) is 1.65. The standard InChI is InChI=1S/C22H24N4O3/c1-15-9-10-20(26(27)28)12-21(15)25-16(2)11-19(17(25)3)14-24-23-13-18-7-5-6-8-22(18)29-4/h5-12,14,23H,13H2,1-4H3/b24-14-. The second-order valence-electron chi connectivity index (χ2n) is 6.79. The Morgan fingerprint density at radius 1 is 1.17 bits per heavy atom. The van der Waals surface area contributed by atoms with Crippen molar-refractivity contribution in [2.45, 2.75) is 27.3 Å². The Morgan fingerprint density at radius 2 is 1.93 bits per heavy atom. The molecular formula is C22H24N4O3. The van der Waals surface area contributed by atoms with E-state index in [9.17, 15) is 10.1 Å². The highest BCUT2D eigenvalue weighted by Crippen LogP contribution is 2.26. The molecule has 0 saturated carbocycles. The van der Waals surface area contributed by atoms with Gasteiger partial charge in [-0.25, -0.2) is 0 Å². The van der Waals surface area contributed by atoms with Crippen molar-refractivity contribution in [1.29, 1.82) is 0 Å². The molecule has 0 radical (unpaired) electrons. The summed E-state index contributed by atoms with van der Waals surface area (Å²) in [4.78, 5) is 10.8. The van der Waals surface area contributed by atoms with Gasteiger partial charge in [0.15, 0.2) is 0 Å². The Kier molecular flexibility index (Phi) is 5.97. The fraction of sp³-hybridized carbons (Fsp3) is 0.227. The normalized spacial score (nSPS) is 11.0. The van der Waals surface area contributed by atoms with Crippen molar-refractivity contribution >= 4 is 11.9 Å². The largest absolute Gasteiger partial charge is 0.496 e. The lowest BCUT2D eigenvalue weighted by Crippen LogP contribution is -2.07. The first-order chi connectivity index (χ1) is 13.9. The number of rotatable bonds is 7. The van der Waals surface area contributed by atoms with Gasteiger partial charge < -0.3 is 14.7 Å². The zero-order valence-electron chi connectivity index (χ0n) is 17.0. The summed E-state index contributed by atoms with van der Waals surface area (Å²) >= 11 is 0. The molecule has 0 aliphatic carbocycles. The number of aromatic nitrogens is 1. The van der Waals surface area contributed by atoms with E-state index in [0.717, 1.165) is 39.5 Å². The number of nitrogens with one attached hydrogen (secondary N) is 1. The maximum absolute atomic E-state index is 11.2. The molecule has 7 heteroatoms. The topological polar surface area (TPSA) is 81.7 Å². The highest BCUT2D eigenvalue weighted by Gasteiger charge is 2.15. The predicted octanol–water partition coefficient (Wildman–Crippen LogP) is 4.44. The van der Waals surface area contributed by atoms with Gasteiger partial charge in [-0.3, -0.25) is 10.1 Å². The molecule has 1 N–H and O–H groups in total. The van der Waals surface area contributed by atoms with Gasteiger partial charge in [0.05, 0.1) is 30.5 Å². The number of benzene rings is 2. The van der Waals surface area contributed by atoms with Gasteiger partial charge in [0.2, 0.25) is 0 Å². The van der Waals surface area contributed by atoms with E-state index in [1.54, 1.807) is 25.5 Å². The van der Waals surface area contributed by atoms with Crippen molar-refractivity contribution in [2.75, 3.05) is 7.11 Å². The van der Waals surface area contributed by atoms with Crippen LogP contribution in [0.2, 0.25) is 0 Å². The fourth-order valence-electron chi connectivity index (χ4n) is 3.34. The number of nitro groups is 1. The van der Waals surface area contributed by atoms with Crippen LogP contribution in [0.1, 0.15) is 28.1 Å². The van der Waals surface area contributed by atoms with Crippen LogP contribution >= 0.6 is 0 Å². The monoisotopic (exact) mass is 392 g/mol. The van der Waals surface area contributed by atoms with Crippen LogP contribution in [0, 0.1) is 30.9 Å². The quantitative estimate of drug-likeness (QED) is 0.366. The van der Waals surface area contributed by atoms with Crippen LogP contribution in [0.25, 0.3) is 5.69 Å². The van der Waals surface area contributed by atoms with Gasteiger partial charge in [0.1, 0.15) is 5.75 Å². The van der Waals surface area contributed by atoms with Crippen LogP contribution in [-0.4, -0.2) is 22.8 Å². The first-order valence-corrected chi connectivity index (χ1v) is 9.24. The van der Waals surface area contributed by atoms with Gasteiger partial charge >= 0.3 is 0 Å². The smallest absolute Gasteiger partial charge is 0.271 e. The number of aryl methyl sites for hydroxylation is 2. The number of hydrogen-bond donors (Lipinski definition) is 1. The number of nitro benzene ring substituents is 1. The van der Waals surface area contributed by atoms with E-state index < -0.39 is 0 Å². The lowest BCUT2D eigenvalue weighted by Gasteiger charge is -2.12. The van der Waals surface area contributed by atoms with E-state index >= 15 is 0 Å². The summed E-state index contributed by atoms with van der Waals surface area (Å²) in [5, 5.41) is 15.5. The maximum atomic E-state index is 11.2. The molecule has 0 amide bonds. The molecule has 0 aliphatic heterocycles. The number of para-hydroxylation sites is 1. The molecule has 29 heavy (non-hydrogen) atoms. The third-order valence-corrected chi connectivity index (χ3v) is 4.87. The Labute approximate surface area is 169 Å². The highest BCUT2D eigenvalue weighted by molar-refractivity contribution is 5.82. The lowest BCUT2D eigenvalue weighted by molar-refractivity contribution is -0.384. The molecule has 0 unspecified atom stereocenters. The second kappa shape index (κ2) is 8.60. The number of ether oxygens (including phenoxy) is 1. The SMILES string of the molecule is COc1ccccc1CN/N=C\c1cc(C)n(-c2cc([N+](=O)[O-])ccc2C)c1C. The molecule has 7 nitrogen and oxygen atoms in total. The number of non-ortho nitro benzene ring substituents is 1. The third-order valence-electron chi connectivity index (χ3n) is 4.87. The van der Waals surface area contributed by atoms with Crippen LogP contribution in [0.15, 0.2) is 53.6 Å². The summed E-state index contributed by atoms with van der Waals surface area (Å²) in [6.45, 7) is 6.45. The molecule has 1 aromatic heterocycles. The first kappa shape index (κ1) is 20.1. The van der Waals surface area contributed by atoms with Gasteiger partial charge in [-0.2, -0.15) is 5.10 Å². The molecule has 3 rings (SSSR count). The minimum atomic E-state index is -0.374. The van der Waals surface area contributed by atoms with Crippen molar-refractivity contribution in [2.24, 2.45) is 5.10 Å². The molecular weight excluding hydrogens is 368 g/mol. The number of hydrazone groups is 1. The highest BCUT2D eigenvalue weighted by atomic mass is 16.6. The maximum Gasteiger partial charge on any atom is 0.271 e. The van der Waals surface area contributed by atoms with Crippen molar-refractivity contribution in [3.05, 3.63) is 86.7 Å². The van der Waals surface area contributed by atoms with Gasteiger partial charge in [0, 0.05) is 34.6 Å². The van der Waals surface area contributed by atoms with Crippen LogP contribution in [0.3, 0.4) is 0 Å². The van der Waals surface area contributed by atoms with E-state index in [1.165, 1.54) is 6.07 Å². The minimum absolute atomic E-state index is 0.0757. The first-order valence-electron chi connectivity index (χ1n) is 9.24. The van der Waals surface area contributed by atoms with Gasteiger partial charge in [-0.1, -0.05) is 24.3 Å². The van der Waals surface area contributed by atoms with Crippen LogP contribution in [0.4, 0.5) is 5.69 Å². The van der Waals surface area contributed by atoms with Gasteiger partial charge in [-0.05, 0) is 38.5 Å². The van der Waals surface area contributed by atoms with Crippen LogP contribution < -0.4 is 10.2 Å². The molecule has 0 bridgehead atoms. The molecule has 0 saturated heterocycles. The number of hydrogen-bond acceptors (Lipinski definition) is 5. The Hall–Kier alpha value is -3.61. The zero-order chi connectivity index (χ0) is 21.0. The molecule has 1 heterocycles. The van der Waals surface area contributed by atoms with Crippen molar-refractivity contribution in [3.63, 3.8) is 0 Å². The van der Waals surface area contributed by atoms with E-state index in [0.29, 0.717) is 6.54 Å². The molecule has 0 aliphatic rings. The van der Waals surface area contributed by atoms with E-state index in [4.69, 9.17) is 4.74 Å².